The van der Waals surface area contributed by atoms with Crippen LogP contribution in [-0.4, -0.2) is 11.6 Å². The Hall–Kier alpha value is -1.84. The minimum atomic E-state index is -0.0641. The molecule has 1 aliphatic heterocycles. The number of nitrogens with zero attached hydrogens (tertiary/aromatic N) is 1. The molecular weight excluding hydrogens is 216 g/mol. The third-order valence-electron chi connectivity index (χ3n) is 2.99. The van der Waals surface area contributed by atoms with Crippen LogP contribution >= 0.6 is 0 Å². The molecule has 1 unspecified atom stereocenters. The van der Waals surface area contributed by atoms with Crippen LogP contribution in [0.4, 0.5) is 0 Å². The van der Waals surface area contributed by atoms with Gasteiger partial charge in [0, 0.05) is 17.9 Å². The van der Waals surface area contributed by atoms with Crippen molar-refractivity contribution >= 4 is 11.6 Å². The Bertz CT molecular complexity index is 466. The van der Waals surface area contributed by atoms with E-state index in [9.17, 15) is 9.90 Å². The van der Waals surface area contributed by atoms with Crippen LogP contribution in [0, 0.1) is 11.8 Å². The van der Waals surface area contributed by atoms with Crippen molar-refractivity contribution in [3.63, 3.8) is 0 Å². The van der Waals surface area contributed by atoms with Crippen LogP contribution in [0.5, 0.6) is 5.75 Å². The van der Waals surface area contributed by atoms with Gasteiger partial charge in [0.25, 0.3) is 0 Å². The fourth-order valence-corrected chi connectivity index (χ4v) is 2.03. The van der Waals surface area contributed by atoms with E-state index < -0.39 is 0 Å². The Morgan fingerprint density at radius 1 is 1.41 bits per heavy atom. The van der Waals surface area contributed by atoms with Gasteiger partial charge in [0.1, 0.15) is 0 Å². The number of benzene rings is 1. The lowest BCUT2D eigenvalue weighted by Gasteiger charge is -2.25. The number of carbonyl (C=O) groups excluding carboxylic acids is 1. The van der Waals surface area contributed by atoms with Gasteiger partial charge >= 0.3 is 0 Å². The highest BCUT2D eigenvalue weighted by molar-refractivity contribution is 6.06. The van der Waals surface area contributed by atoms with Gasteiger partial charge in [0.05, 0.1) is 5.71 Å². The number of nitrogens with one attached hydrogen (secondary N) is 1. The molecule has 1 amide bonds. The monoisotopic (exact) mass is 231 g/mol. The smallest absolute Gasteiger partial charge is 0.240 e. The minimum Gasteiger partial charge on any atom is -0.290 e. The molecule has 4 nitrogen and oxygen atoms in total. The predicted molar refractivity (Wildman–Crippen MR) is 64.2 cm³/mol. The standard InChI is InChI=1S/C13H15N2O2/c1-8(2)11-7-12(17)14-15-13(11)9-4-3-5-10(16)6-9/h3-6,8,11H,7H2,1-2H3,(H,14,17). The first-order valence-corrected chi connectivity index (χ1v) is 5.72. The van der Waals surface area contributed by atoms with Crippen LogP contribution in [0.25, 0.3) is 0 Å². The largest absolute Gasteiger partial charge is 0.290 e. The molecule has 0 spiro atoms. The van der Waals surface area contributed by atoms with E-state index in [1.165, 1.54) is 6.07 Å². The molecule has 17 heavy (non-hydrogen) atoms. The van der Waals surface area contributed by atoms with Crippen molar-refractivity contribution in [2.45, 2.75) is 20.3 Å². The third kappa shape index (κ3) is 2.46. The number of carbonyl (C=O) groups is 1. The lowest BCUT2D eigenvalue weighted by Crippen LogP contribution is -2.35. The molecule has 1 aromatic carbocycles. The van der Waals surface area contributed by atoms with E-state index >= 15 is 0 Å². The molecule has 1 aromatic rings. The van der Waals surface area contributed by atoms with Crippen LogP contribution in [0.3, 0.4) is 0 Å². The van der Waals surface area contributed by atoms with Gasteiger partial charge in [-0.3, -0.25) is 9.90 Å². The van der Waals surface area contributed by atoms with Crippen molar-refractivity contribution in [3.8, 4) is 5.75 Å². The van der Waals surface area contributed by atoms with Crippen LogP contribution in [-0.2, 0) is 9.90 Å². The van der Waals surface area contributed by atoms with Crippen LogP contribution < -0.4 is 5.43 Å². The molecule has 0 fully saturated rings. The zero-order chi connectivity index (χ0) is 12.4. The number of hydrogen-bond acceptors (Lipinski definition) is 2. The van der Waals surface area contributed by atoms with Crippen molar-refractivity contribution in [1.82, 2.24) is 5.43 Å². The highest BCUT2D eigenvalue weighted by atomic mass is 16.3. The minimum absolute atomic E-state index is 0.0374. The first-order valence-electron chi connectivity index (χ1n) is 5.72. The van der Waals surface area contributed by atoms with Crippen molar-refractivity contribution in [2.24, 2.45) is 16.9 Å². The second kappa shape index (κ2) is 4.57. The molecular formula is C13H15N2O2. The molecule has 2 rings (SSSR count). The maximum absolute atomic E-state index is 11.3. The average Bonchev–Trinajstić information content (AvgIpc) is 2.28. The number of rotatable bonds is 2. The second-order valence-electron chi connectivity index (χ2n) is 4.61. The van der Waals surface area contributed by atoms with Gasteiger partial charge in [-0.2, -0.15) is 5.10 Å². The van der Waals surface area contributed by atoms with E-state index in [0.29, 0.717) is 12.3 Å². The van der Waals surface area contributed by atoms with Gasteiger partial charge in [-0.15, -0.1) is 0 Å². The number of hydrogen-bond donors (Lipinski definition) is 1. The Labute approximate surface area is 100 Å². The molecule has 0 saturated carbocycles. The normalized spacial score (nSPS) is 20.1. The second-order valence-corrected chi connectivity index (χ2v) is 4.61. The van der Waals surface area contributed by atoms with Gasteiger partial charge in [-0.1, -0.05) is 26.0 Å². The molecule has 89 valence electrons. The van der Waals surface area contributed by atoms with Gasteiger partial charge in [-0.25, -0.2) is 5.43 Å². The van der Waals surface area contributed by atoms with Gasteiger partial charge in [-0.05, 0) is 18.1 Å². The molecule has 1 aliphatic rings. The van der Waals surface area contributed by atoms with Crippen molar-refractivity contribution in [3.05, 3.63) is 29.8 Å². The van der Waals surface area contributed by atoms with Gasteiger partial charge in [0.2, 0.25) is 5.91 Å². The van der Waals surface area contributed by atoms with Crippen molar-refractivity contribution in [2.75, 3.05) is 0 Å². The lowest BCUT2D eigenvalue weighted by molar-refractivity contribution is -0.122. The molecule has 1 heterocycles. The zero-order valence-electron chi connectivity index (χ0n) is 9.93. The first-order chi connectivity index (χ1) is 8.08. The highest BCUT2D eigenvalue weighted by Gasteiger charge is 2.28. The van der Waals surface area contributed by atoms with E-state index in [1.807, 2.05) is 6.07 Å². The summed E-state index contributed by atoms with van der Waals surface area (Å²) in [6, 6.07) is 6.64. The van der Waals surface area contributed by atoms with Crippen LogP contribution in [0.15, 0.2) is 29.4 Å². The topological polar surface area (TPSA) is 61.4 Å². The highest BCUT2D eigenvalue weighted by Crippen LogP contribution is 2.25. The van der Waals surface area contributed by atoms with Gasteiger partial charge < -0.3 is 0 Å². The van der Waals surface area contributed by atoms with E-state index in [-0.39, 0.29) is 17.6 Å². The van der Waals surface area contributed by atoms with E-state index in [4.69, 9.17) is 0 Å². The molecule has 1 N–H and O–H groups in total. The van der Waals surface area contributed by atoms with Gasteiger partial charge in [0.15, 0.2) is 5.75 Å². The third-order valence-corrected chi connectivity index (χ3v) is 2.99. The SMILES string of the molecule is CC(C)C1CC(=O)NN=C1c1cccc([O])c1. The summed E-state index contributed by atoms with van der Waals surface area (Å²) in [5, 5.41) is 15.4. The quantitative estimate of drug-likeness (QED) is 0.834. The molecule has 0 saturated heterocycles. The van der Waals surface area contributed by atoms with E-state index in [0.717, 1.165) is 11.3 Å². The molecule has 0 bridgehead atoms. The summed E-state index contributed by atoms with van der Waals surface area (Å²) in [5.41, 5.74) is 4.09. The summed E-state index contributed by atoms with van der Waals surface area (Å²) in [4.78, 5) is 11.3. The molecule has 0 aromatic heterocycles. The summed E-state index contributed by atoms with van der Waals surface area (Å²) in [7, 11) is 0. The van der Waals surface area contributed by atoms with E-state index in [2.05, 4.69) is 24.4 Å². The van der Waals surface area contributed by atoms with Crippen molar-refractivity contribution < 1.29 is 9.90 Å². The first kappa shape index (κ1) is 11.6. The Morgan fingerprint density at radius 2 is 2.18 bits per heavy atom. The lowest BCUT2D eigenvalue weighted by atomic mass is 9.84. The number of hydrazone groups is 1. The molecule has 4 heteroatoms. The fraction of sp³-hybridized carbons (Fsp3) is 0.385. The summed E-state index contributed by atoms with van der Waals surface area (Å²) >= 11 is 0. The maximum Gasteiger partial charge on any atom is 0.240 e. The van der Waals surface area contributed by atoms with Crippen LogP contribution in [0.2, 0.25) is 0 Å². The average molecular weight is 231 g/mol. The number of amides is 1. The van der Waals surface area contributed by atoms with Crippen molar-refractivity contribution in [1.29, 1.82) is 0 Å². The Kier molecular flexibility index (Phi) is 3.13. The zero-order valence-corrected chi connectivity index (χ0v) is 9.93. The Morgan fingerprint density at radius 3 is 2.82 bits per heavy atom. The maximum atomic E-state index is 11.3. The summed E-state index contributed by atoms with van der Waals surface area (Å²) < 4.78 is 0. The fourth-order valence-electron chi connectivity index (χ4n) is 2.03. The summed E-state index contributed by atoms with van der Waals surface area (Å²) in [6.07, 6.45) is 0.430. The summed E-state index contributed by atoms with van der Waals surface area (Å²) in [5.74, 6) is 0.288. The van der Waals surface area contributed by atoms with Crippen LogP contribution in [0.1, 0.15) is 25.8 Å². The van der Waals surface area contributed by atoms with E-state index in [1.54, 1.807) is 12.1 Å². The molecule has 1 radical (unpaired) electrons. The molecule has 0 aliphatic carbocycles. The summed E-state index contributed by atoms with van der Waals surface area (Å²) in [6.45, 7) is 4.11. The predicted octanol–water partition coefficient (Wildman–Crippen LogP) is 2.33. The molecule has 1 atom stereocenters. The Balaban J connectivity index is 2.38.